The lowest BCUT2D eigenvalue weighted by Gasteiger charge is -2.20. The molecule has 0 unspecified atom stereocenters. The van der Waals surface area contributed by atoms with Gasteiger partial charge in [-0.25, -0.2) is 8.42 Å². The van der Waals surface area contributed by atoms with Crippen LogP contribution in [0.2, 0.25) is 0 Å². The molecular formula is C14H19NO3S. The second kappa shape index (κ2) is 6.63. The van der Waals surface area contributed by atoms with Gasteiger partial charge in [-0.05, 0) is 25.5 Å². The Labute approximate surface area is 114 Å². The first kappa shape index (κ1) is 15.6. The maximum Gasteiger partial charge on any atom is 0.243 e. The minimum absolute atomic E-state index is 0.0829. The first-order valence-electron chi connectivity index (χ1n) is 6.15. The number of carbonyl (C=O) groups is 1. The predicted molar refractivity (Wildman–Crippen MR) is 75.7 cm³/mol. The zero-order valence-corrected chi connectivity index (χ0v) is 12.1. The second-order valence-electron chi connectivity index (χ2n) is 4.23. The van der Waals surface area contributed by atoms with Crippen LogP contribution in [0.3, 0.4) is 0 Å². The molecule has 0 aromatic heterocycles. The highest BCUT2D eigenvalue weighted by molar-refractivity contribution is 7.89. The van der Waals surface area contributed by atoms with Crippen molar-refractivity contribution in [3.05, 3.63) is 42.5 Å². The van der Waals surface area contributed by atoms with Gasteiger partial charge in [-0.2, -0.15) is 4.31 Å². The maximum absolute atomic E-state index is 12.4. The molecule has 1 rings (SSSR count). The van der Waals surface area contributed by atoms with Gasteiger partial charge in [0.1, 0.15) is 0 Å². The standard InChI is InChI=1S/C14H19NO3S/c1-4-10-15(11-5-2)19(17,18)14-8-6-13(7-9-14)12(3)16/h4,6-9H,1,5,10-11H2,2-3H3. The average Bonchev–Trinajstić information content (AvgIpc) is 2.38. The third-order valence-corrected chi connectivity index (χ3v) is 4.58. The fourth-order valence-electron chi connectivity index (χ4n) is 1.71. The van der Waals surface area contributed by atoms with Crippen molar-refractivity contribution in [1.29, 1.82) is 0 Å². The van der Waals surface area contributed by atoms with E-state index in [-0.39, 0.29) is 17.2 Å². The number of ketones is 1. The SMILES string of the molecule is C=CCN(CCC)S(=O)(=O)c1ccc(C(C)=O)cc1. The van der Waals surface area contributed by atoms with Crippen LogP contribution in [0.4, 0.5) is 0 Å². The van der Waals surface area contributed by atoms with E-state index in [0.29, 0.717) is 12.1 Å². The summed E-state index contributed by atoms with van der Waals surface area (Å²) in [5.74, 6) is -0.0829. The molecule has 0 N–H and O–H groups in total. The Balaban J connectivity index is 3.10. The van der Waals surface area contributed by atoms with E-state index >= 15 is 0 Å². The van der Waals surface area contributed by atoms with Gasteiger partial charge in [0.05, 0.1) is 4.90 Å². The van der Waals surface area contributed by atoms with E-state index in [4.69, 9.17) is 0 Å². The molecule has 0 aliphatic carbocycles. The van der Waals surface area contributed by atoms with Crippen LogP contribution in [0.25, 0.3) is 0 Å². The number of benzene rings is 1. The molecule has 0 amide bonds. The molecule has 0 aliphatic heterocycles. The van der Waals surface area contributed by atoms with Crippen molar-refractivity contribution < 1.29 is 13.2 Å². The average molecular weight is 281 g/mol. The van der Waals surface area contributed by atoms with Gasteiger partial charge in [0, 0.05) is 18.7 Å². The molecule has 0 saturated heterocycles. The number of carbonyl (C=O) groups excluding carboxylic acids is 1. The van der Waals surface area contributed by atoms with Gasteiger partial charge in [-0.1, -0.05) is 25.1 Å². The summed E-state index contributed by atoms with van der Waals surface area (Å²) in [5, 5.41) is 0. The molecule has 0 atom stereocenters. The van der Waals surface area contributed by atoms with E-state index in [9.17, 15) is 13.2 Å². The van der Waals surface area contributed by atoms with Crippen molar-refractivity contribution in [1.82, 2.24) is 4.31 Å². The Morgan fingerprint density at radius 3 is 2.32 bits per heavy atom. The third-order valence-electron chi connectivity index (χ3n) is 2.70. The number of nitrogens with zero attached hydrogens (tertiary/aromatic N) is 1. The molecule has 1 aromatic carbocycles. The molecule has 0 saturated carbocycles. The van der Waals surface area contributed by atoms with Crippen LogP contribution in [0.1, 0.15) is 30.6 Å². The minimum Gasteiger partial charge on any atom is -0.295 e. The molecule has 4 nitrogen and oxygen atoms in total. The summed E-state index contributed by atoms with van der Waals surface area (Å²) >= 11 is 0. The van der Waals surface area contributed by atoms with Crippen LogP contribution in [0.5, 0.6) is 0 Å². The predicted octanol–water partition coefficient (Wildman–Crippen LogP) is 2.48. The molecule has 0 fully saturated rings. The van der Waals surface area contributed by atoms with Crippen molar-refractivity contribution in [2.24, 2.45) is 0 Å². The zero-order valence-electron chi connectivity index (χ0n) is 11.3. The van der Waals surface area contributed by atoms with Crippen molar-refractivity contribution in [2.75, 3.05) is 13.1 Å². The lowest BCUT2D eigenvalue weighted by molar-refractivity contribution is 0.101. The number of Topliss-reactive ketones (excluding diaryl/α,β-unsaturated/α-hetero) is 1. The fourth-order valence-corrected chi connectivity index (χ4v) is 3.22. The van der Waals surface area contributed by atoms with Gasteiger partial charge in [-0.15, -0.1) is 6.58 Å². The lowest BCUT2D eigenvalue weighted by Crippen LogP contribution is -2.32. The first-order chi connectivity index (χ1) is 8.93. The van der Waals surface area contributed by atoms with Crippen LogP contribution in [0.15, 0.2) is 41.8 Å². The Bertz CT molecular complexity index is 547. The molecule has 0 radical (unpaired) electrons. The van der Waals surface area contributed by atoms with Crippen molar-refractivity contribution >= 4 is 15.8 Å². The third kappa shape index (κ3) is 3.75. The van der Waals surface area contributed by atoms with E-state index < -0.39 is 10.0 Å². The monoisotopic (exact) mass is 281 g/mol. The summed E-state index contributed by atoms with van der Waals surface area (Å²) in [4.78, 5) is 11.4. The van der Waals surface area contributed by atoms with E-state index in [1.807, 2.05) is 6.92 Å². The van der Waals surface area contributed by atoms with Crippen LogP contribution >= 0.6 is 0 Å². The molecule has 0 bridgehead atoms. The fraction of sp³-hybridized carbons (Fsp3) is 0.357. The van der Waals surface area contributed by atoms with Crippen molar-refractivity contribution in [2.45, 2.75) is 25.2 Å². The summed E-state index contributed by atoms with van der Waals surface area (Å²) in [5.41, 5.74) is 0.504. The molecule has 19 heavy (non-hydrogen) atoms. The smallest absolute Gasteiger partial charge is 0.243 e. The highest BCUT2D eigenvalue weighted by atomic mass is 32.2. The molecule has 0 spiro atoms. The van der Waals surface area contributed by atoms with Gasteiger partial charge in [0.15, 0.2) is 5.78 Å². The van der Waals surface area contributed by atoms with E-state index in [2.05, 4.69) is 6.58 Å². The lowest BCUT2D eigenvalue weighted by atomic mass is 10.2. The molecule has 5 heteroatoms. The van der Waals surface area contributed by atoms with Gasteiger partial charge in [0.2, 0.25) is 10.0 Å². The van der Waals surface area contributed by atoms with E-state index in [1.54, 1.807) is 6.08 Å². The largest absolute Gasteiger partial charge is 0.295 e. The normalized spacial score (nSPS) is 11.5. The molecule has 0 heterocycles. The highest BCUT2D eigenvalue weighted by Gasteiger charge is 2.22. The van der Waals surface area contributed by atoms with Crippen molar-refractivity contribution in [3.63, 3.8) is 0 Å². The molecule has 1 aromatic rings. The Morgan fingerprint density at radius 2 is 1.89 bits per heavy atom. The topological polar surface area (TPSA) is 54.5 Å². The molecule has 104 valence electrons. The highest BCUT2D eigenvalue weighted by Crippen LogP contribution is 2.17. The van der Waals surface area contributed by atoms with Crippen LogP contribution < -0.4 is 0 Å². The number of hydrogen-bond donors (Lipinski definition) is 0. The minimum atomic E-state index is -3.52. The van der Waals surface area contributed by atoms with Crippen LogP contribution in [-0.4, -0.2) is 31.6 Å². The van der Waals surface area contributed by atoms with E-state index in [1.165, 1.54) is 35.5 Å². The summed E-state index contributed by atoms with van der Waals surface area (Å²) in [6.45, 7) is 7.68. The quantitative estimate of drug-likeness (QED) is 0.570. The Morgan fingerprint density at radius 1 is 1.32 bits per heavy atom. The van der Waals surface area contributed by atoms with Gasteiger partial charge in [-0.3, -0.25) is 4.79 Å². The van der Waals surface area contributed by atoms with E-state index in [0.717, 1.165) is 6.42 Å². The van der Waals surface area contributed by atoms with Crippen LogP contribution in [-0.2, 0) is 10.0 Å². The summed E-state index contributed by atoms with van der Waals surface area (Å²) in [6, 6.07) is 6.01. The second-order valence-corrected chi connectivity index (χ2v) is 6.17. The first-order valence-corrected chi connectivity index (χ1v) is 7.59. The summed E-state index contributed by atoms with van der Waals surface area (Å²) < 4.78 is 26.2. The summed E-state index contributed by atoms with van der Waals surface area (Å²) in [6.07, 6.45) is 2.30. The summed E-state index contributed by atoms with van der Waals surface area (Å²) in [7, 11) is -3.52. The maximum atomic E-state index is 12.4. The van der Waals surface area contributed by atoms with Gasteiger partial charge < -0.3 is 0 Å². The van der Waals surface area contributed by atoms with Crippen LogP contribution in [0, 0.1) is 0 Å². The Kier molecular flexibility index (Phi) is 5.44. The number of hydrogen-bond acceptors (Lipinski definition) is 3. The van der Waals surface area contributed by atoms with Gasteiger partial charge in [0.25, 0.3) is 0 Å². The molecular weight excluding hydrogens is 262 g/mol. The van der Waals surface area contributed by atoms with Gasteiger partial charge >= 0.3 is 0 Å². The molecule has 0 aliphatic rings. The van der Waals surface area contributed by atoms with Crippen molar-refractivity contribution in [3.8, 4) is 0 Å². The number of rotatable bonds is 7. The Hall–Kier alpha value is -1.46. The number of sulfonamides is 1. The zero-order chi connectivity index (χ0) is 14.5.